The van der Waals surface area contributed by atoms with Gasteiger partial charge in [0.2, 0.25) is 0 Å². The molecule has 88 valence electrons. The number of hydrogen-bond donors (Lipinski definition) is 2. The van der Waals surface area contributed by atoms with Gasteiger partial charge >= 0.3 is 0 Å². The molecule has 0 aromatic heterocycles. The number of nitrogens with two attached hydrogens (primary N) is 1. The first kappa shape index (κ1) is 11.3. The smallest absolute Gasteiger partial charge is 0.0996 e. The first-order chi connectivity index (χ1) is 7.15. The van der Waals surface area contributed by atoms with Gasteiger partial charge in [-0.3, -0.25) is 0 Å². The van der Waals surface area contributed by atoms with Crippen LogP contribution in [0.1, 0.15) is 26.2 Å². The Morgan fingerprint density at radius 2 is 1.93 bits per heavy atom. The molecule has 0 aromatic rings. The highest BCUT2D eigenvalue weighted by atomic mass is 16.5. The van der Waals surface area contributed by atoms with Crippen molar-refractivity contribution in [2.75, 3.05) is 26.4 Å². The highest BCUT2D eigenvalue weighted by Gasteiger charge is 2.55. The molecular formula is C11H21NO3. The third-order valence-electron chi connectivity index (χ3n) is 4.28. The predicted octanol–water partition coefficient (Wildman–Crippen LogP) is 0.282. The lowest BCUT2D eigenvalue weighted by Gasteiger charge is -2.48. The van der Waals surface area contributed by atoms with Gasteiger partial charge in [-0.2, -0.15) is 0 Å². The van der Waals surface area contributed by atoms with Gasteiger partial charge in [0.05, 0.1) is 11.7 Å². The summed E-state index contributed by atoms with van der Waals surface area (Å²) in [5.74, 6) is 0. The number of ether oxygens (including phenoxy) is 2. The molecule has 15 heavy (non-hydrogen) atoms. The van der Waals surface area contributed by atoms with E-state index < -0.39 is 5.60 Å². The van der Waals surface area contributed by atoms with Crippen molar-refractivity contribution in [3.8, 4) is 0 Å². The number of aliphatic hydroxyl groups is 1. The lowest BCUT2D eigenvalue weighted by atomic mass is 9.64. The van der Waals surface area contributed by atoms with Gasteiger partial charge in [0.1, 0.15) is 0 Å². The van der Waals surface area contributed by atoms with Crippen molar-refractivity contribution in [3.05, 3.63) is 0 Å². The van der Waals surface area contributed by atoms with Crippen LogP contribution in [0.5, 0.6) is 0 Å². The van der Waals surface area contributed by atoms with E-state index in [1.807, 2.05) is 6.92 Å². The van der Waals surface area contributed by atoms with Crippen molar-refractivity contribution in [1.29, 1.82) is 0 Å². The molecular weight excluding hydrogens is 194 g/mol. The van der Waals surface area contributed by atoms with Crippen molar-refractivity contribution in [2.24, 2.45) is 11.1 Å². The summed E-state index contributed by atoms with van der Waals surface area (Å²) >= 11 is 0. The monoisotopic (exact) mass is 215 g/mol. The van der Waals surface area contributed by atoms with Crippen LogP contribution in [-0.2, 0) is 9.47 Å². The van der Waals surface area contributed by atoms with Gasteiger partial charge in [0.25, 0.3) is 0 Å². The molecule has 0 amide bonds. The fourth-order valence-corrected chi connectivity index (χ4v) is 3.00. The molecule has 4 nitrogen and oxygen atoms in total. The lowest BCUT2D eigenvalue weighted by Crippen LogP contribution is -2.58. The topological polar surface area (TPSA) is 64.7 Å². The van der Waals surface area contributed by atoms with E-state index in [9.17, 15) is 5.11 Å². The van der Waals surface area contributed by atoms with E-state index in [1.54, 1.807) is 0 Å². The molecule has 0 aliphatic carbocycles. The van der Waals surface area contributed by atoms with E-state index in [0.29, 0.717) is 32.8 Å². The van der Waals surface area contributed by atoms with Gasteiger partial charge in [0.15, 0.2) is 0 Å². The Balaban J connectivity index is 2.23. The maximum atomic E-state index is 10.8. The summed E-state index contributed by atoms with van der Waals surface area (Å²) in [6.07, 6.45) is 2.27. The zero-order valence-corrected chi connectivity index (χ0v) is 9.37. The molecule has 3 N–H and O–H groups in total. The first-order valence-corrected chi connectivity index (χ1v) is 5.76. The standard InChI is InChI=1S/C11H21NO3/c1-9-11(13,4-7-15-9)10(8-12)2-5-14-6-3-10/h9,13H,2-8,12H2,1H3. The molecule has 0 bridgehead atoms. The Bertz CT molecular complexity index is 228. The van der Waals surface area contributed by atoms with Crippen molar-refractivity contribution in [3.63, 3.8) is 0 Å². The second kappa shape index (κ2) is 4.01. The van der Waals surface area contributed by atoms with Crippen molar-refractivity contribution < 1.29 is 14.6 Å². The molecule has 2 saturated heterocycles. The van der Waals surface area contributed by atoms with E-state index in [2.05, 4.69) is 0 Å². The third-order valence-corrected chi connectivity index (χ3v) is 4.28. The molecule has 2 fully saturated rings. The van der Waals surface area contributed by atoms with Gasteiger partial charge in [-0.1, -0.05) is 0 Å². The molecule has 2 rings (SSSR count). The normalized spacial score (nSPS) is 40.6. The van der Waals surface area contributed by atoms with Crippen LogP contribution in [0, 0.1) is 5.41 Å². The van der Waals surface area contributed by atoms with Crippen LogP contribution in [-0.4, -0.2) is 43.2 Å². The Labute approximate surface area is 90.7 Å². The Hall–Kier alpha value is -0.160. The van der Waals surface area contributed by atoms with E-state index in [0.717, 1.165) is 12.8 Å². The van der Waals surface area contributed by atoms with Crippen molar-refractivity contribution in [1.82, 2.24) is 0 Å². The molecule has 2 heterocycles. The lowest BCUT2D eigenvalue weighted by molar-refractivity contribution is -0.153. The second-order valence-corrected chi connectivity index (χ2v) is 4.78. The molecule has 2 aliphatic rings. The van der Waals surface area contributed by atoms with Crippen LogP contribution in [0.25, 0.3) is 0 Å². The van der Waals surface area contributed by atoms with Crippen LogP contribution in [0.2, 0.25) is 0 Å². The maximum Gasteiger partial charge on any atom is 0.0996 e. The Kier molecular flexibility index (Phi) is 3.03. The molecule has 2 atom stereocenters. The minimum atomic E-state index is -0.758. The van der Waals surface area contributed by atoms with Crippen LogP contribution in [0.4, 0.5) is 0 Å². The van der Waals surface area contributed by atoms with Crippen LogP contribution >= 0.6 is 0 Å². The largest absolute Gasteiger partial charge is 0.386 e. The molecule has 0 spiro atoms. The summed E-state index contributed by atoms with van der Waals surface area (Å²) in [6, 6.07) is 0. The fraction of sp³-hybridized carbons (Fsp3) is 1.00. The molecule has 4 heteroatoms. The third kappa shape index (κ3) is 1.60. The zero-order chi connectivity index (χ0) is 10.9. The van der Waals surface area contributed by atoms with Crippen LogP contribution < -0.4 is 5.73 Å². The average Bonchev–Trinajstić information content (AvgIpc) is 2.62. The van der Waals surface area contributed by atoms with E-state index in [4.69, 9.17) is 15.2 Å². The summed E-state index contributed by atoms with van der Waals surface area (Å²) in [4.78, 5) is 0. The molecule has 0 radical (unpaired) electrons. The summed E-state index contributed by atoms with van der Waals surface area (Å²) in [5.41, 5.74) is 4.93. The molecule has 2 aliphatic heterocycles. The quantitative estimate of drug-likeness (QED) is 0.694. The van der Waals surface area contributed by atoms with Crippen molar-refractivity contribution >= 4 is 0 Å². The molecule has 0 saturated carbocycles. The van der Waals surface area contributed by atoms with E-state index >= 15 is 0 Å². The van der Waals surface area contributed by atoms with Gasteiger partial charge in [0, 0.05) is 38.2 Å². The van der Waals surface area contributed by atoms with Gasteiger partial charge in [-0.15, -0.1) is 0 Å². The first-order valence-electron chi connectivity index (χ1n) is 5.76. The van der Waals surface area contributed by atoms with Gasteiger partial charge in [-0.25, -0.2) is 0 Å². The second-order valence-electron chi connectivity index (χ2n) is 4.78. The average molecular weight is 215 g/mol. The van der Waals surface area contributed by atoms with E-state index in [-0.39, 0.29) is 11.5 Å². The predicted molar refractivity (Wildman–Crippen MR) is 56.5 cm³/mol. The van der Waals surface area contributed by atoms with Crippen LogP contribution in [0.15, 0.2) is 0 Å². The number of rotatable bonds is 2. The van der Waals surface area contributed by atoms with Crippen LogP contribution in [0.3, 0.4) is 0 Å². The summed E-state index contributed by atoms with van der Waals surface area (Å²) in [6.45, 7) is 4.50. The van der Waals surface area contributed by atoms with E-state index in [1.165, 1.54) is 0 Å². The summed E-state index contributed by atoms with van der Waals surface area (Å²) in [5, 5.41) is 10.8. The molecule has 2 unspecified atom stereocenters. The fourth-order valence-electron chi connectivity index (χ4n) is 3.00. The Morgan fingerprint density at radius 3 is 2.40 bits per heavy atom. The summed E-state index contributed by atoms with van der Waals surface area (Å²) in [7, 11) is 0. The SMILES string of the molecule is CC1OCCC1(O)C1(CN)CCOCC1. The van der Waals surface area contributed by atoms with Gasteiger partial charge < -0.3 is 20.3 Å². The highest BCUT2D eigenvalue weighted by molar-refractivity contribution is 5.06. The summed E-state index contributed by atoms with van der Waals surface area (Å²) < 4.78 is 10.9. The van der Waals surface area contributed by atoms with Crippen molar-refractivity contribution in [2.45, 2.75) is 37.9 Å². The minimum Gasteiger partial charge on any atom is -0.386 e. The van der Waals surface area contributed by atoms with Gasteiger partial charge in [-0.05, 0) is 19.8 Å². The highest BCUT2D eigenvalue weighted by Crippen LogP contribution is 2.47. The Morgan fingerprint density at radius 1 is 1.27 bits per heavy atom. The number of hydrogen-bond acceptors (Lipinski definition) is 4. The minimum absolute atomic E-state index is 0.112. The zero-order valence-electron chi connectivity index (χ0n) is 9.37. The maximum absolute atomic E-state index is 10.8. The molecule has 0 aromatic carbocycles.